The van der Waals surface area contributed by atoms with Crippen LogP contribution in [0.25, 0.3) is 4.96 Å². The summed E-state index contributed by atoms with van der Waals surface area (Å²) in [4.78, 5) is 45.6. The molecule has 4 heterocycles. The minimum atomic E-state index is -0.283. The Morgan fingerprint density at radius 3 is 2.77 bits per heavy atom. The van der Waals surface area contributed by atoms with Crippen LogP contribution in [0.4, 0.5) is 9.93 Å². The van der Waals surface area contributed by atoms with Gasteiger partial charge in [0.2, 0.25) is 16.0 Å². The van der Waals surface area contributed by atoms with E-state index in [1.807, 2.05) is 0 Å². The molecule has 0 radical (unpaired) electrons. The summed E-state index contributed by atoms with van der Waals surface area (Å²) in [7, 11) is 0. The number of ether oxygens (including phenoxy) is 1. The molecule has 10 nitrogen and oxygen atoms in total. The van der Waals surface area contributed by atoms with Crippen molar-refractivity contribution < 1.29 is 14.3 Å². The number of hydrogen-bond acceptors (Lipinski definition) is 8. The van der Waals surface area contributed by atoms with Crippen LogP contribution in [0.3, 0.4) is 0 Å². The van der Waals surface area contributed by atoms with Crippen molar-refractivity contribution in [1.82, 2.24) is 24.8 Å². The van der Waals surface area contributed by atoms with Crippen LogP contribution in [0.2, 0.25) is 0 Å². The molecule has 0 aliphatic carbocycles. The fourth-order valence-electron chi connectivity index (χ4n) is 4.14. The molecule has 0 spiro atoms. The Hall–Kier alpha value is -2.69. The first kappa shape index (κ1) is 21.5. The topological polar surface area (TPSA) is 109 Å². The average Bonchev–Trinajstić information content (AvgIpc) is 3.19. The zero-order valence-electron chi connectivity index (χ0n) is 17.9. The number of aryl methyl sites for hydroxylation is 1. The zero-order valence-corrected chi connectivity index (χ0v) is 18.7. The maximum absolute atomic E-state index is 12.9. The summed E-state index contributed by atoms with van der Waals surface area (Å²) >= 11 is 1.37. The molecule has 168 valence electrons. The van der Waals surface area contributed by atoms with Gasteiger partial charge in [-0.2, -0.15) is 4.52 Å². The van der Waals surface area contributed by atoms with Gasteiger partial charge in [0.15, 0.2) is 0 Å². The molecule has 2 aliphatic heterocycles. The van der Waals surface area contributed by atoms with E-state index in [1.165, 1.54) is 21.9 Å². The Bertz CT molecular complexity index is 1010. The second kappa shape index (κ2) is 9.21. The number of aromatic nitrogens is 3. The number of fused-ring (bicyclic) bond motifs is 1. The molecule has 31 heavy (non-hydrogen) atoms. The lowest BCUT2D eigenvalue weighted by atomic mass is 9.96. The van der Waals surface area contributed by atoms with Crippen LogP contribution in [0.5, 0.6) is 0 Å². The third-order valence-corrected chi connectivity index (χ3v) is 6.76. The first-order chi connectivity index (χ1) is 14.9. The molecule has 1 atom stereocenters. The Balaban J connectivity index is 1.35. The van der Waals surface area contributed by atoms with Crippen LogP contribution in [-0.4, -0.2) is 70.3 Å². The lowest BCUT2D eigenvalue weighted by Crippen LogP contribution is -2.50. The van der Waals surface area contributed by atoms with Gasteiger partial charge in [-0.25, -0.2) is 9.78 Å². The van der Waals surface area contributed by atoms with E-state index in [0.717, 1.165) is 37.4 Å². The molecule has 0 aromatic carbocycles. The maximum Gasteiger partial charge on any atom is 0.409 e. The second-order valence-corrected chi connectivity index (χ2v) is 9.00. The van der Waals surface area contributed by atoms with E-state index in [9.17, 15) is 14.4 Å². The lowest BCUT2D eigenvalue weighted by Gasteiger charge is -2.35. The summed E-state index contributed by atoms with van der Waals surface area (Å²) < 4.78 is 6.37. The minimum absolute atomic E-state index is 0.0477. The van der Waals surface area contributed by atoms with Gasteiger partial charge in [0.1, 0.15) is 0 Å². The molecule has 2 aromatic heterocycles. The number of rotatable bonds is 4. The Morgan fingerprint density at radius 2 is 2.03 bits per heavy atom. The van der Waals surface area contributed by atoms with E-state index in [4.69, 9.17) is 4.74 Å². The van der Waals surface area contributed by atoms with Gasteiger partial charge in [-0.05, 0) is 39.5 Å². The van der Waals surface area contributed by atoms with Crippen molar-refractivity contribution in [3.8, 4) is 0 Å². The van der Waals surface area contributed by atoms with Crippen LogP contribution in [-0.2, 0) is 9.53 Å². The van der Waals surface area contributed by atoms with E-state index in [0.29, 0.717) is 36.9 Å². The van der Waals surface area contributed by atoms with Crippen molar-refractivity contribution in [3.63, 3.8) is 0 Å². The Kier molecular flexibility index (Phi) is 6.40. The van der Waals surface area contributed by atoms with Crippen molar-refractivity contribution in [3.05, 3.63) is 22.1 Å². The minimum Gasteiger partial charge on any atom is -0.450 e. The first-order valence-corrected chi connectivity index (χ1v) is 11.6. The van der Waals surface area contributed by atoms with Gasteiger partial charge in [0, 0.05) is 44.0 Å². The standard InChI is InChI=1S/C20H28N6O4S/c1-3-30-20(29)24-9-6-15(7-10-24)22-17(28)14-5-4-8-25(12-14)19-23-26-16(27)11-13(2)21-18(26)31-19/h11,14-15H,3-10,12H2,1-2H3,(H,22,28). The van der Waals surface area contributed by atoms with Crippen molar-refractivity contribution in [2.24, 2.45) is 5.92 Å². The molecule has 11 heteroatoms. The van der Waals surface area contributed by atoms with E-state index >= 15 is 0 Å². The van der Waals surface area contributed by atoms with Crippen LogP contribution >= 0.6 is 11.3 Å². The highest BCUT2D eigenvalue weighted by Crippen LogP contribution is 2.27. The molecule has 2 amide bonds. The van der Waals surface area contributed by atoms with E-state index in [-0.39, 0.29) is 29.5 Å². The molecule has 4 rings (SSSR count). The van der Waals surface area contributed by atoms with Crippen molar-refractivity contribution >= 4 is 33.4 Å². The normalized spacial score (nSPS) is 20.1. The SMILES string of the molecule is CCOC(=O)N1CCC(NC(=O)C2CCCN(c3nn4c(=O)cc(C)nc4s3)C2)CC1. The van der Waals surface area contributed by atoms with Gasteiger partial charge in [-0.3, -0.25) is 9.59 Å². The quantitative estimate of drug-likeness (QED) is 0.753. The first-order valence-electron chi connectivity index (χ1n) is 10.8. The third-order valence-electron chi connectivity index (χ3n) is 5.79. The predicted molar refractivity (Wildman–Crippen MR) is 117 cm³/mol. The largest absolute Gasteiger partial charge is 0.450 e. The average molecular weight is 449 g/mol. The molecule has 2 saturated heterocycles. The number of carbonyl (C=O) groups is 2. The fraction of sp³-hybridized carbons (Fsp3) is 0.650. The molecule has 0 saturated carbocycles. The Labute approximate surface area is 184 Å². The monoisotopic (exact) mass is 448 g/mol. The molecule has 2 fully saturated rings. The number of hydrogen-bond donors (Lipinski definition) is 1. The van der Waals surface area contributed by atoms with Crippen LogP contribution in [0.15, 0.2) is 10.9 Å². The van der Waals surface area contributed by atoms with Crippen molar-refractivity contribution in [1.29, 1.82) is 0 Å². The Morgan fingerprint density at radius 1 is 1.26 bits per heavy atom. The molecule has 1 N–H and O–H groups in total. The van der Waals surface area contributed by atoms with Gasteiger partial charge >= 0.3 is 6.09 Å². The smallest absolute Gasteiger partial charge is 0.409 e. The summed E-state index contributed by atoms with van der Waals surface area (Å²) in [6.45, 7) is 6.51. The molecule has 2 aromatic rings. The highest BCUT2D eigenvalue weighted by Gasteiger charge is 2.31. The van der Waals surface area contributed by atoms with Crippen molar-refractivity contribution in [2.45, 2.75) is 45.6 Å². The zero-order chi connectivity index (χ0) is 22.0. The van der Waals surface area contributed by atoms with Gasteiger partial charge < -0.3 is 19.9 Å². The van der Waals surface area contributed by atoms with E-state index < -0.39 is 0 Å². The maximum atomic E-state index is 12.9. The number of nitrogens with one attached hydrogen (secondary N) is 1. The van der Waals surface area contributed by atoms with Gasteiger partial charge in [-0.15, -0.1) is 5.10 Å². The second-order valence-electron chi connectivity index (χ2n) is 8.07. The fourth-order valence-corrected chi connectivity index (χ4v) is 5.13. The summed E-state index contributed by atoms with van der Waals surface area (Å²) in [5.74, 6) is -0.0817. The molecule has 0 bridgehead atoms. The highest BCUT2D eigenvalue weighted by molar-refractivity contribution is 7.20. The summed E-state index contributed by atoms with van der Waals surface area (Å²) in [6, 6.07) is 1.54. The summed E-state index contributed by atoms with van der Waals surface area (Å²) in [6.07, 6.45) is 2.89. The van der Waals surface area contributed by atoms with Crippen LogP contribution in [0, 0.1) is 12.8 Å². The van der Waals surface area contributed by atoms with Crippen molar-refractivity contribution in [2.75, 3.05) is 37.7 Å². The molecule has 1 unspecified atom stereocenters. The van der Waals surface area contributed by atoms with Gasteiger partial charge in [0.25, 0.3) is 5.56 Å². The number of carbonyl (C=O) groups excluding carboxylic acids is 2. The number of anilines is 1. The lowest BCUT2D eigenvalue weighted by molar-refractivity contribution is -0.126. The van der Waals surface area contributed by atoms with E-state index in [1.54, 1.807) is 18.7 Å². The predicted octanol–water partition coefficient (Wildman–Crippen LogP) is 1.41. The van der Waals surface area contributed by atoms with Crippen LogP contribution in [0.1, 0.15) is 38.3 Å². The number of nitrogens with zero attached hydrogens (tertiary/aromatic N) is 5. The number of likely N-dealkylation sites (tertiary alicyclic amines) is 1. The highest BCUT2D eigenvalue weighted by atomic mass is 32.1. The summed E-state index contributed by atoms with van der Waals surface area (Å²) in [5, 5.41) is 8.32. The number of piperidine rings is 2. The van der Waals surface area contributed by atoms with Crippen LogP contribution < -0.4 is 15.8 Å². The van der Waals surface area contributed by atoms with Gasteiger partial charge in [0.05, 0.1) is 12.5 Å². The van der Waals surface area contributed by atoms with E-state index in [2.05, 4.69) is 20.3 Å². The van der Waals surface area contributed by atoms with Gasteiger partial charge in [-0.1, -0.05) is 11.3 Å². The summed E-state index contributed by atoms with van der Waals surface area (Å²) in [5.41, 5.74) is 0.482. The third kappa shape index (κ3) is 4.81. The molecular formula is C20H28N6O4S. The molecular weight excluding hydrogens is 420 g/mol. The number of amides is 2. The molecule has 2 aliphatic rings.